The van der Waals surface area contributed by atoms with Crippen molar-refractivity contribution in [3.05, 3.63) is 0 Å². The normalized spacial score (nSPS) is 22.1. The predicted molar refractivity (Wildman–Crippen MR) is 41.8 cm³/mol. The Balaban J connectivity index is 2.29. The molecule has 0 amide bonds. The number of hydrogen-bond donors (Lipinski definition) is 2. The van der Waals surface area contributed by atoms with E-state index in [4.69, 9.17) is 9.84 Å². The van der Waals surface area contributed by atoms with Gasteiger partial charge >= 0.3 is 5.97 Å². The van der Waals surface area contributed by atoms with Crippen LogP contribution in [0.5, 0.6) is 0 Å². The van der Waals surface area contributed by atoms with E-state index in [0.29, 0.717) is 13.2 Å². The fraction of sp³-hybridized carbons (Fsp3) is 0.875. The van der Waals surface area contributed by atoms with Crippen LogP contribution in [-0.4, -0.2) is 35.5 Å². The van der Waals surface area contributed by atoms with Crippen LogP contribution in [0.4, 0.5) is 0 Å². The van der Waals surface area contributed by atoms with E-state index in [1.165, 1.54) is 0 Å². The maximum Gasteiger partial charge on any atom is 0.305 e. The highest BCUT2D eigenvalue weighted by Gasteiger charge is 2.23. The summed E-state index contributed by atoms with van der Waals surface area (Å²) in [6.07, 6.45) is 0.694. The summed E-state index contributed by atoms with van der Waals surface area (Å²) in [4.78, 5) is 10.3. The van der Waals surface area contributed by atoms with Crippen LogP contribution in [-0.2, 0) is 9.53 Å². The molecule has 0 saturated carbocycles. The third-order valence-electron chi connectivity index (χ3n) is 2.19. The van der Waals surface area contributed by atoms with Crippen molar-refractivity contribution in [1.82, 2.24) is 0 Å². The Hall–Kier alpha value is -0.610. The standard InChI is InChI=1S/C8H14O4/c9-7(5-8(10)11)6-1-3-12-4-2-6/h6-7,9H,1-5H2,(H,10,11)/t7-/m0/s1. The number of aliphatic hydroxyl groups is 1. The lowest BCUT2D eigenvalue weighted by atomic mass is 9.92. The first-order chi connectivity index (χ1) is 5.70. The van der Waals surface area contributed by atoms with E-state index >= 15 is 0 Å². The van der Waals surface area contributed by atoms with E-state index in [1.807, 2.05) is 0 Å². The molecule has 1 aliphatic heterocycles. The average Bonchev–Trinajstić information content (AvgIpc) is 2.05. The minimum absolute atomic E-state index is 0.106. The molecule has 0 unspecified atom stereocenters. The Bertz CT molecular complexity index is 151. The van der Waals surface area contributed by atoms with Crippen molar-refractivity contribution in [3.8, 4) is 0 Å². The number of ether oxygens (including phenoxy) is 1. The van der Waals surface area contributed by atoms with Gasteiger partial charge in [-0.25, -0.2) is 0 Å². The van der Waals surface area contributed by atoms with E-state index < -0.39 is 12.1 Å². The van der Waals surface area contributed by atoms with Crippen LogP contribution < -0.4 is 0 Å². The summed E-state index contributed by atoms with van der Waals surface area (Å²) in [5.74, 6) is -0.830. The van der Waals surface area contributed by atoms with Gasteiger partial charge in [0.1, 0.15) is 0 Å². The molecule has 0 aliphatic carbocycles. The number of aliphatic carboxylic acids is 1. The predicted octanol–water partition coefficient (Wildman–Crippen LogP) is 0.249. The van der Waals surface area contributed by atoms with Crippen LogP contribution >= 0.6 is 0 Å². The molecule has 0 aromatic heterocycles. The van der Waals surface area contributed by atoms with Crippen molar-refractivity contribution >= 4 is 5.97 Å². The molecule has 1 atom stereocenters. The number of aliphatic hydroxyl groups excluding tert-OH is 1. The van der Waals surface area contributed by atoms with Gasteiger partial charge < -0.3 is 14.9 Å². The first-order valence-electron chi connectivity index (χ1n) is 4.17. The van der Waals surface area contributed by atoms with Crippen molar-refractivity contribution < 1.29 is 19.7 Å². The van der Waals surface area contributed by atoms with Gasteiger partial charge in [0.25, 0.3) is 0 Å². The Morgan fingerprint density at radius 3 is 2.58 bits per heavy atom. The summed E-state index contributed by atoms with van der Waals surface area (Å²) >= 11 is 0. The molecule has 0 aromatic rings. The van der Waals surface area contributed by atoms with Crippen LogP contribution in [0.1, 0.15) is 19.3 Å². The number of carboxylic acid groups (broad SMARTS) is 1. The maximum atomic E-state index is 10.3. The summed E-state index contributed by atoms with van der Waals surface area (Å²) in [5.41, 5.74) is 0. The van der Waals surface area contributed by atoms with Gasteiger partial charge in [0.2, 0.25) is 0 Å². The molecule has 1 heterocycles. The average molecular weight is 174 g/mol. The van der Waals surface area contributed by atoms with Crippen molar-refractivity contribution in [2.45, 2.75) is 25.4 Å². The molecule has 0 radical (unpaired) electrons. The first-order valence-corrected chi connectivity index (χ1v) is 4.17. The maximum absolute atomic E-state index is 10.3. The topological polar surface area (TPSA) is 66.8 Å². The zero-order valence-corrected chi connectivity index (χ0v) is 6.90. The van der Waals surface area contributed by atoms with E-state index in [2.05, 4.69) is 0 Å². The summed E-state index contributed by atoms with van der Waals surface area (Å²) in [6.45, 7) is 1.28. The Labute approximate surface area is 71.2 Å². The van der Waals surface area contributed by atoms with Crippen LogP contribution in [0.2, 0.25) is 0 Å². The smallest absolute Gasteiger partial charge is 0.305 e. The van der Waals surface area contributed by atoms with Gasteiger partial charge in [-0.15, -0.1) is 0 Å². The highest BCUT2D eigenvalue weighted by Crippen LogP contribution is 2.20. The molecule has 12 heavy (non-hydrogen) atoms. The SMILES string of the molecule is O=C(O)C[C@H](O)C1CCOCC1. The monoisotopic (exact) mass is 174 g/mol. The van der Waals surface area contributed by atoms with E-state index in [9.17, 15) is 9.90 Å². The van der Waals surface area contributed by atoms with Gasteiger partial charge in [-0.1, -0.05) is 0 Å². The zero-order chi connectivity index (χ0) is 8.97. The largest absolute Gasteiger partial charge is 0.481 e. The molecule has 2 N–H and O–H groups in total. The molecule has 0 spiro atoms. The fourth-order valence-electron chi connectivity index (χ4n) is 1.45. The zero-order valence-electron chi connectivity index (χ0n) is 6.90. The minimum Gasteiger partial charge on any atom is -0.481 e. The third kappa shape index (κ3) is 2.79. The molecule has 1 rings (SSSR count). The van der Waals surface area contributed by atoms with Gasteiger partial charge in [0.05, 0.1) is 12.5 Å². The summed E-state index contributed by atoms with van der Waals surface area (Å²) in [5, 5.41) is 17.8. The molecule has 4 nitrogen and oxygen atoms in total. The number of carboxylic acids is 1. The van der Waals surface area contributed by atoms with E-state index in [1.54, 1.807) is 0 Å². The fourth-order valence-corrected chi connectivity index (χ4v) is 1.45. The van der Waals surface area contributed by atoms with Crippen molar-refractivity contribution in [2.24, 2.45) is 5.92 Å². The molecule has 0 bridgehead atoms. The number of rotatable bonds is 3. The van der Waals surface area contributed by atoms with Crippen LogP contribution in [0.3, 0.4) is 0 Å². The summed E-state index contributed by atoms with van der Waals surface area (Å²) in [6, 6.07) is 0. The second-order valence-electron chi connectivity index (χ2n) is 3.12. The van der Waals surface area contributed by atoms with Crippen LogP contribution in [0, 0.1) is 5.92 Å². The lowest BCUT2D eigenvalue weighted by molar-refractivity contribution is -0.140. The molecule has 70 valence electrons. The lowest BCUT2D eigenvalue weighted by Gasteiger charge is -2.25. The Kier molecular flexibility index (Phi) is 3.49. The second-order valence-corrected chi connectivity index (χ2v) is 3.12. The van der Waals surface area contributed by atoms with Gasteiger partial charge in [-0.2, -0.15) is 0 Å². The molecule has 1 fully saturated rings. The number of carbonyl (C=O) groups is 1. The quantitative estimate of drug-likeness (QED) is 0.643. The third-order valence-corrected chi connectivity index (χ3v) is 2.19. The molecular formula is C8H14O4. The molecular weight excluding hydrogens is 160 g/mol. The lowest BCUT2D eigenvalue weighted by Crippen LogP contribution is -2.29. The first kappa shape index (κ1) is 9.48. The van der Waals surface area contributed by atoms with Gasteiger partial charge in [0.15, 0.2) is 0 Å². The van der Waals surface area contributed by atoms with Gasteiger partial charge in [-0.3, -0.25) is 4.79 Å². The van der Waals surface area contributed by atoms with Crippen LogP contribution in [0.15, 0.2) is 0 Å². The molecule has 1 aliphatic rings. The van der Waals surface area contributed by atoms with Crippen molar-refractivity contribution in [2.75, 3.05) is 13.2 Å². The minimum atomic E-state index is -0.936. The highest BCUT2D eigenvalue weighted by molar-refractivity contribution is 5.67. The van der Waals surface area contributed by atoms with Gasteiger partial charge in [-0.05, 0) is 18.8 Å². The molecule has 1 saturated heterocycles. The second kappa shape index (κ2) is 4.42. The van der Waals surface area contributed by atoms with Crippen molar-refractivity contribution in [3.63, 3.8) is 0 Å². The Morgan fingerprint density at radius 2 is 2.08 bits per heavy atom. The van der Waals surface area contributed by atoms with E-state index in [-0.39, 0.29) is 12.3 Å². The molecule has 4 heteroatoms. The number of hydrogen-bond acceptors (Lipinski definition) is 3. The van der Waals surface area contributed by atoms with Gasteiger partial charge in [0, 0.05) is 13.2 Å². The summed E-state index contributed by atoms with van der Waals surface area (Å²) < 4.78 is 5.10. The van der Waals surface area contributed by atoms with E-state index in [0.717, 1.165) is 12.8 Å². The Morgan fingerprint density at radius 1 is 1.50 bits per heavy atom. The summed E-state index contributed by atoms with van der Waals surface area (Å²) in [7, 11) is 0. The highest BCUT2D eigenvalue weighted by atomic mass is 16.5. The molecule has 0 aromatic carbocycles. The van der Waals surface area contributed by atoms with Crippen LogP contribution in [0.25, 0.3) is 0 Å². The van der Waals surface area contributed by atoms with Crippen molar-refractivity contribution in [1.29, 1.82) is 0 Å².